The maximum Gasteiger partial charge on any atom is 0.573 e. The number of halogens is 6. The van der Waals surface area contributed by atoms with Gasteiger partial charge in [-0.2, -0.15) is 13.2 Å². The van der Waals surface area contributed by atoms with Gasteiger partial charge in [0.05, 0.1) is 0 Å². The van der Waals surface area contributed by atoms with E-state index in [0.29, 0.717) is 5.56 Å². The van der Waals surface area contributed by atoms with E-state index in [1.54, 1.807) is 0 Å². The molecule has 2 N–H and O–H groups in total. The molecule has 0 aliphatic heterocycles. The molecule has 0 aliphatic rings. The maximum atomic E-state index is 13.3. The SMILES string of the molecule is Cc1ccc(C(O)(CCNCc2ccc(OC(F)(F)F)cc2)C(F)(F)F)o1. The summed E-state index contributed by atoms with van der Waals surface area (Å²) in [7, 11) is 0. The van der Waals surface area contributed by atoms with E-state index in [2.05, 4.69) is 10.1 Å². The Hall–Kier alpha value is -2.20. The molecule has 0 bridgehead atoms. The van der Waals surface area contributed by atoms with Crippen LogP contribution in [0.1, 0.15) is 23.5 Å². The third kappa shape index (κ3) is 5.64. The van der Waals surface area contributed by atoms with Crippen LogP contribution in [0, 0.1) is 6.92 Å². The lowest BCUT2D eigenvalue weighted by Crippen LogP contribution is -2.44. The molecule has 1 aromatic heterocycles. The first-order valence-corrected chi connectivity index (χ1v) is 7.82. The fraction of sp³-hybridized carbons (Fsp3) is 0.412. The van der Waals surface area contributed by atoms with Crippen LogP contribution in [0.3, 0.4) is 0 Å². The van der Waals surface area contributed by atoms with Crippen LogP contribution in [-0.2, 0) is 12.1 Å². The zero-order valence-corrected chi connectivity index (χ0v) is 14.1. The molecule has 150 valence electrons. The molecule has 0 aliphatic carbocycles. The summed E-state index contributed by atoms with van der Waals surface area (Å²) < 4.78 is 84.8. The summed E-state index contributed by atoms with van der Waals surface area (Å²) >= 11 is 0. The third-order valence-corrected chi connectivity index (χ3v) is 3.77. The zero-order chi connectivity index (χ0) is 20.3. The highest BCUT2D eigenvalue weighted by Crippen LogP contribution is 2.42. The lowest BCUT2D eigenvalue weighted by atomic mass is 9.95. The molecule has 0 amide bonds. The standard InChI is InChI=1S/C17H17F6NO3/c1-11-2-7-14(26-11)15(25,16(18,19)20)8-9-24-10-12-3-5-13(6-4-12)27-17(21,22)23/h2-7,24-25H,8-10H2,1H3. The number of hydrogen-bond acceptors (Lipinski definition) is 4. The molecule has 2 rings (SSSR count). The van der Waals surface area contributed by atoms with E-state index < -0.39 is 36.1 Å². The molecule has 10 heteroatoms. The molecule has 2 aromatic rings. The second-order valence-corrected chi connectivity index (χ2v) is 5.89. The number of aryl methyl sites for hydroxylation is 1. The van der Waals surface area contributed by atoms with E-state index in [0.717, 1.165) is 18.2 Å². The summed E-state index contributed by atoms with van der Waals surface area (Å²) in [6.45, 7) is 1.35. The first-order valence-electron chi connectivity index (χ1n) is 7.82. The molecule has 0 saturated heterocycles. The van der Waals surface area contributed by atoms with Gasteiger partial charge in [-0.3, -0.25) is 0 Å². The van der Waals surface area contributed by atoms with Crippen LogP contribution < -0.4 is 10.1 Å². The van der Waals surface area contributed by atoms with E-state index in [4.69, 9.17) is 4.42 Å². The van der Waals surface area contributed by atoms with Gasteiger partial charge in [0.2, 0.25) is 5.60 Å². The van der Waals surface area contributed by atoms with E-state index in [-0.39, 0.29) is 18.8 Å². The average Bonchev–Trinajstić information content (AvgIpc) is 2.97. The van der Waals surface area contributed by atoms with Crippen LogP contribution in [0.5, 0.6) is 5.75 Å². The average molecular weight is 397 g/mol. The Morgan fingerprint density at radius 2 is 1.63 bits per heavy atom. The zero-order valence-electron chi connectivity index (χ0n) is 14.1. The number of benzene rings is 1. The van der Waals surface area contributed by atoms with Crippen molar-refractivity contribution in [3.8, 4) is 5.75 Å². The van der Waals surface area contributed by atoms with Crippen molar-refractivity contribution in [3.63, 3.8) is 0 Å². The van der Waals surface area contributed by atoms with Gasteiger partial charge in [0, 0.05) is 13.0 Å². The second-order valence-electron chi connectivity index (χ2n) is 5.89. The summed E-state index contributed by atoms with van der Waals surface area (Å²) in [6.07, 6.45) is -10.4. The minimum absolute atomic E-state index is 0.0947. The van der Waals surface area contributed by atoms with Gasteiger partial charge in [-0.05, 0) is 43.3 Å². The summed E-state index contributed by atoms with van der Waals surface area (Å²) in [5, 5.41) is 12.8. The van der Waals surface area contributed by atoms with Crippen LogP contribution in [0.15, 0.2) is 40.8 Å². The molecular formula is C17H17F6NO3. The third-order valence-electron chi connectivity index (χ3n) is 3.77. The predicted molar refractivity (Wildman–Crippen MR) is 82.8 cm³/mol. The molecule has 4 nitrogen and oxygen atoms in total. The summed E-state index contributed by atoms with van der Waals surface area (Å²) in [4.78, 5) is 0. The number of furan rings is 1. The number of rotatable bonds is 7. The molecule has 0 spiro atoms. The normalized spacial score (nSPS) is 14.8. The lowest BCUT2D eigenvalue weighted by Gasteiger charge is -2.28. The van der Waals surface area contributed by atoms with Crippen molar-refractivity contribution >= 4 is 0 Å². The molecule has 0 radical (unpaired) electrons. The minimum Gasteiger partial charge on any atom is -0.463 e. The summed E-state index contributed by atoms with van der Waals surface area (Å²) in [5.41, 5.74) is -2.60. The Morgan fingerprint density at radius 3 is 2.11 bits per heavy atom. The second kappa shape index (κ2) is 7.81. The van der Waals surface area contributed by atoms with Crippen molar-refractivity contribution in [3.05, 3.63) is 53.5 Å². The Bertz CT molecular complexity index is 738. The molecule has 1 atom stereocenters. The molecule has 1 aromatic carbocycles. The largest absolute Gasteiger partial charge is 0.573 e. The number of ether oxygens (including phenoxy) is 1. The number of aliphatic hydroxyl groups is 1. The van der Waals surface area contributed by atoms with Gasteiger partial charge in [-0.25, -0.2) is 0 Å². The Morgan fingerprint density at radius 1 is 1.00 bits per heavy atom. The first-order chi connectivity index (χ1) is 12.4. The van der Waals surface area contributed by atoms with E-state index in [9.17, 15) is 31.4 Å². The maximum absolute atomic E-state index is 13.3. The molecule has 1 unspecified atom stereocenters. The highest BCUT2D eigenvalue weighted by atomic mass is 19.4. The van der Waals surface area contributed by atoms with Gasteiger partial charge in [0.1, 0.15) is 17.3 Å². The highest BCUT2D eigenvalue weighted by molar-refractivity contribution is 5.27. The Balaban J connectivity index is 1.92. The van der Waals surface area contributed by atoms with Gasteiger partial charge in [0.15, 0.2) is 0 Å². The molecular weight excluding hydrogens is 380 g/mol. The monoisotopic (exact) mass is 397 g/mol. The van der Waals surface area contributed by atoms with Crippen molar-refractivity contribution in [1.82, 2.24) is 5.32 Å². The molecule has 1 heterocycles. The summed E-state index contributed by atoms with van der Waals surface area (Å²) in [6, 6.07) is 7.29. The fourth-order valence-corrected chi connectivity index (χ4v) is 2.37. The first kappa shape index (κ1) is 21.1. The quantitative estimate of drug-likeness (QED) is 0.537. The van der Waals surface area contributed by atoms with E-state index in [1.807, 2.05) is 0 Å². The van der Waals surface area contributed by atoms with Crippen LogP contribution in [0.2, 0.25) is 0 Å². The number of hydrogen-bond donors (Lipinski definition) is 2. The molecule has 0 saturated carbocycles. The summed E-state index contributed by atoms with van der Waals surface area (Å²) in [5.74, 6) is -0.754. The van der Waals surface area contributed by atoms with E-state index in [1.165, 1.54) is 25.1 Å². The van der Waals surface area contributed by atoms with Gasteiger partial charge < -0.3 is 19.6 Å². The van der Waals surface area contributed by atoms with Crippen molar-refractivity contribution < 1.29 is 40.6 Å². The van der Waals surface area contributed by atoms with Crippen molar-refractivity contribution in [2.75, 3.05) is 6.54 Å². The van der Waals surface area contributed by atoms with Gasteiger partial charge in [0.25, 0.3) is 0 Å². The molecule has 0 fully saturated rings. The smallest absolute Gasteiger partial charge is 0.463 e. The minimum atomic E-state index is -4.93. The van der Waals surface area contributed by atoms with E-state index >= 15 is 0 Å². The van der Waals surface area contributed by atoms with Crippen LogP contribution in [-0.4, -0.2) is 24.2 Å². The van der Waals surface area contributed by atoms with Crippen molar-refractivity contribution in [2.45, 2.75) is 38.0 Å². The van der Waals surface area contributed by atoms with Crippen molar-refractivity contribution in [2.24, 2.45) is 0 Å². The highest BCUT2D eigenvalue weighted by Gasteiger charge is 2.56. The van der Waals surface area contributed by atoms with Crippen molar-refractivity contribution in [1.29, 1.82) is 0 Å². The Kier molecular flexibility index (Phi) is 6.10. The Labute approximate surface area is 150 Å². The van der Waals surface area contributed by atoms with Crippen LogP contribution >= 0.6 is 0 Å². The van der Waals surface area contributed by atoms with Gasteiger partial charge in [-0.15, -0.1) is 13.2 Å². The van der Waals surface area contributed by atoms with Crippen LogP contribution in [0.4, 0.5) is 26.3 Å². The molecule has 27 heavy (non-hydrogen) atoms. The topological polar surface area (TPSA) is 54.6 Å². The fourth-order valence-electron chi connectivity index (χ4n) is 2.37. The van der Waals surface area contributed by atoms with Gasteiger partial charge >= 0.3 is 12.5 Å². The number of alkyl halides is 6. The predicted octanol–water partition coefficient (Wildman–Crippen LogP) is 4.42. The van der Waals surface area contributed by atoms with Crippen LogP contribution in [0.25, 0.3) is 0 Å². The number of nitrogens with one attached hydrogen (secondary N) is 1. The van der Waals surface area contributed by atoms with Gasteiger partial charge in [-0.1, -0.05) is 12.1 Å². The lowest BCUT2D eigenvalue weighted by molar-refractivity contribution is -0.275.